The average molecular weight is 279 g/mol. The third-order valence-electron chi connectivity index (χ3n) is 3.38. The number of fused-ring (bicyclic) bond motifs is 1. The molecule has 0 unspecified atom stereocenters. The summed E-state index contributed by atoms with van der Waals surface area (Å²) >= 11 is 0. The molecule has 0 fully saturated rings. The Morgan fingerprint density at radius 3 is 2.29 bits per heavy atom. The van der Waals surface area contributed by atoms with Crippen molar-refractivity contribution in [2.75, 3.05) is 0 Å². The largest absolute Gasteiger partial charge is 0.508 e. The summed E-state index contributed by atoms with van der Waals surface area (Å²) in [6.45, 7) is 3.75. The van der Waals surface area contributed by atoms with Gasteiger partial charge in [0.1, 0.15) is 11.5 Å². The summed E-state index contributed by atoms with van der Waals surface area (Å²) in [7, 11) is 0. The van der Waals surface area contributed by atoms with Crippen LogP contribution < -0.4 is 5.56 Å². The number of benzene rings is 2. The first kappa shape index (κ1) is 13.0. The highest BCUT2D eigenvalue weighted by molar-refractivity contribution is 5.90. The van der Waals surface area contributed by atoms with Gasteiger partial charge in [-0.3, -0.25) is 9.36 Å². The molecule has 0 radical (unpaired) electrons. The van der Waals surface area contributed by atoms with Crippen LogP contribution in [0.25, 0.3) is 22.5 Å². The van der Waals surface area contributed by atoms with Crippen LogP contribution in [0.15, 0.2) is 60.0 Å². The van der Waals surface area contributed by atoms with Crippen LogP contribution in [0, 0.1) is 0 Å². The molecule has 0 bridgehead atoms. The fourth-order valence-corrected chi connectivity index (χ4v) is 2.32. The van der Waals surface area contributed by atoms with Crippen molar-refractivity contribution in [1.29, 1.82) is 0 Å². The molecule has 4 nitrogen and oxygen atoms in total. The highest BCUT2D eigenvalue weighted by atomic mass is 16.3. The van der Waals surface area contributed by atoms with E-state index in [1.165, 1.54) is 22.8 Å². The summed E-state index contributed by atoms with van der Waals surface area (Å²) in [6.07, 6.45) is 3.31. The van der Waals surface area contributed by atoms with Crippen molar-refractivity contribution in [2.24, 2.45) is 0 Å². The highest BCUT2D eigenvalue weighted by Gasteiger charge is 2.09. The maximum atomic E-state index is 12.6. The van der Waals surface area contributed by atoms with Crippen LogP contribution in [0.1, 0.15) is 5.56 Å². The van der Waals surface area contributed by atoms with Crippen LogP contribution in [0.4, 0.5) is 0 Å². The van der Waals surface area contributed by atoms with E-state index in [2.05, 4.69) is 6.58 Å². The zero-order valence-electron chi connectivity index (χ0n) is 11.2. The van der Waals surface area contributed by atoms with Gasteiger partial charge in [-0.1, -0.05) is 12.7 Å². The maximum Gasteiger partial charge on any atom is 0.262 e. The molecule has 0 atom stereocenters. The van der Waals surface area contributed by atoms with Gasteiger partial charge in [-0.05, 0) is 53.4 Å². The Bertz CT molecular complexity index is 892. The third-order valence-corrected chi connectivity index (χ3v) is 3.38. The molecule has 4 heteroatoms. The smallest absolute Gasteiger partial charge is 0.262 e. The predicted octanol–water partition coefficient (Wildman–Crippen LogP) is 3.04. The van der Waals surface area contributed by atoms with Gasteiger partial charge in [-0.2, -0.15) is 0 Å². The number of hydrogen-bond donors (Lipinski definition) is 2. The van der Waals surface area contributed by atoms with Gasteiger partial charge in [-0.25, -0.2) is 0 Å². The zero-order chi connectivity index (χ0) is 15.0. The summed E-state index contributed by atoms with van der Waals surface area (Å²) in [5, 5.41) is 20.1. The van der Waals surface area contributed by atoms with Crippen molar-refractivity contribution in [2.45, 2.75) is 0 Å². The second-order valence-corrected chi connectivity index (χ2v) is 4.71. The molecule has 0 saturated heterocycles. The van der Waals surface area contributed by atoms with Crippen molar-refractivity contribution < 1.29 is 10.2 Å². The van der Waals surface area contributed by atoms with Crippen molar-refractivity contribution in [3.05, 3.63) is 71.2 Å². The summed E-state index contributed by atoms with van der Waals surface area (Å²) in [5.41, 5.74) is 1.20. The zero-order valence-corrected chi connectivity index (χ0v) is 11.2. The molecular formula is C17H13NO3. The average Bonchev–Trinajstić information content (AvgIpc) is 2.49. The molecule has 0 aliphatic carbocycles. The van der Waals surface area contributed by atoms with E-state index < -0.39 is 0 Å². The first-order chi connectivity index (χ1) is 10.1. The first-order valence-corrected chi connectivity index (χ1v) is 6.40. The Morgan fingerprint density at radius 1 is 0.952 bits per heavy atom. The van der Waals surface area contributed by atoms with Crippen LogP contribution in [0.3, 0.4) is 0 Å². The maximum absolute atomic E-state index is 12.6. The van der Waals surface area contributed by atoms with E-state index in [0.29, 0.717) is 16.5 Å². The van der Waals surface area contributed by atoms with Crippen LogP contribution in [-0.2, 0) is 0 Å². The number of pyridine rings is 1. The number of aromatic hydroxyl groups is 2. The second-order valence-electron chi connectivity index (χ2n) is 4.71. The molecule has 2 aromatic carbocycles. The lowest BCUT2D eigenvalue weighted by Gasteiger charge is -2.10. The minimum atomic E-state index is -0.193. The first-order valence-electron chi connectivity index (χ1n) is 6.40. The molecule has 0 spiro atoms. The second kappa shape index (κ2) is 4.83. The number of phenolic OH excluding ortho intramolecular Hbond substituents is 2. The van der Waals surface area contributed by atoms with Gasteiger partial charge in [0.15, 0.2) is 0 Å². The van der Waals surface area contributed by atoms with E-state index in [1.54, 1.807) is 36.5 Å². The normalized spacial score (nSPS) is 10.7. The van der Waals surface area contributed by atoms with Gasteiger partial charge < -0.3 is 10.2 Å². The third kappa shape index (κ3) is 2.17. The number of aromatic nitrogens is 1. The van der Waals surface area contributed by atoms with Crippen molar-refractivity contribution in [1.82, 2.24) is 4.57 Å². The number of hydrogen-bond acceptors (Lipinski definition) is 3. The molecule has 104 valence electrons. The van der Waals surface area contributed by atoms with Crippen LogP contribution in [-0.4, -0.2) is 14.8 Å². The lowest BCUT2D eigenvalue weighted by Crippen LogP contribution is -2.18. The minimum Gasteiger partial charge on any atom is -0.508 e. The molecule has 0 aliphatic heterocycles. The van der Waals surface area contributed by atoms with Gasteiger partial charge in [-0.15, -0.1) is 0 Å². The van der Waals surface area contributed by atoms with E-state index in [9.17, 15) is 15.0 Å². The lowest BCUT2D eigenvalue weighted by atomic mass is 10.1. The van der Waals surface area contributed by atoms with Crippen molar-refractivity contribution in [3.63, 3.8) is 0 Å². The summed E-state index contributed by atoms with van der Waals surface area (Å²) in [4.78, 5) is 12.6. The topological polar surface area (TPSA) is 62.5 Å². The van der Waals surface area contributed by atoms with E-state index in [0.717, 1.165) is 5.56 Å². The monoisotopic (exact) mass is 279 g/mol. The Kier molecular flexibility index (Phi) is 2.99. The van der Waals surface area contributed by atoms with E-state index in [-0.39, 0.29) is 17.1 Å². The lowest BCUT2D eigenvalue weighted by molar-refractivity contribution is 0.475. The Morgan fingerprint density at radius 2 is 1.62 bits per heavy atom. The minimum absolute atomic E-state index is 0.104. The van der Waals surface area contributed by atoms with Gasteiger partial charge >= 0.3 is 0 Å². The van der Waals surface area contributed by atoms with Crippen LogP contribution >= 0.6 is 0 Å². The SMILES string of the molecule is C=Cc1cn(-c2ccc(O)cc2)c(=O)c2ccc(O)cc12. The molecule has 0 saturated carbocycles. The van der Waals surface area contributed by atoms with Crippen LogP contribution in [0.5, 0.6) is 11.5 Å². The summed E-state index contributed by atoms with van der Waals surface area (Å²) in [6, 6.07) is 11.0. The number of nitrogens with zero attached hydrogens (tertiary/aromatic N) is 1. The molecule has 3 aromatic rings. The fourth-order valence-electron chi connectivity index (χ4n) is 2.32. The summed E-state index contributed by atoms with van der Waals surface area (Å²) in [5.74, 6) is 0.244. The predicted molar refractivity (Wildman–Crippen MR) is 83.0 cm³/mol. The molecule has 2 N–H and O–H groups in total. The van der Waals surface area contributed by atoms with Gasteiger partial charge in [0.25, 0.3) is 5.56 Å². The Labute approximate surface area is 120 Å². The molecule has 0 aliphatic rings. The van der Waals surface area contributed by atoms with E-state index in [1.807, 2.05) is 0 Å². The quantitative estimate of drug-likeness (QED) is 0.758. The molecule has 1 heterocycles. The van der Waals surface area contributed by atoms with Gasteiger partial charge in [0, 0.05) is 17.3 Å². The van der Waals surface area contributed by atoms with E-state index in [4.69, 9.17) is 0 Å². The van der Waals surface area contributed by atoms with Crippen LogP contribution in [0.2, 0.25) is 0 Å². The fraction of sp³-hybridized carbons (Fsp3) is 0. The van der Waals surface area contributed by atoms with Crippen molar-refractivity contribution >= 4 is 16.8 Å². The Balaban J connectivity index is 2.37. The molecule has 3 rings (SSSR count). The molecule has 1 aromatic heterocycles. The summed E-state index contributed by atoms with van der Waals surface area (Å²) < 4.78 is 1.50. The number of phenols is 2. The van der Waals surface area contributed by atoms with Gasteiger partial charge in [0.2, 0.25) is 0 Å². The van der Waals surface area contributed by atoms with Gasteiger partial charge in [0.05, 0.1) is 0 Å². The van der Waals surface area contributed by atoms with E-state index >= 15 is 0 Å². The Hall–Kier alpha value is -3.01. The highest BCUT2D eigenvalue weighted by Crippen LogP contribution is 2.23. The number of rotatable bonds is 2. The standard InChI is InChI=1S/C17H13NO3/c1-2-11-10-18(12-3-5-13(19)6-4-12)17(21)15-8-7-14(20)9-16(11)15/h2-10,19-20H,1H2. The molecule has 21 heavy (non-hydrogen) atoms. The molecule has 0 amide bonds. The molecular weight excluding hydrogens is 266 g/mol. The van der Waals surface area contributed by atoms with Crippen molar-refractivity contribution in [3.8, 4) is 17.2 Å².